The van der Waals surface area contributed by atoms with E-state index in [0.29, 0.717) is 26.6 Å². The van der Waals surface area contributed by atoms with E-state index in [1.165, 1.54) is 11.3 Å². The molecule has 4 rings (SSSR count). The van der Waals surface area contributed by atoms with Crippen LogP contribution in [0, 0.1) is 0 Å². The number of benzene rings is 2. The van der Waals surface area contributed by atoms with E-state index in [9.17, 15) is 9.90 Å². The number of rotatable bonds is 7. The van der Waals surface area contributed by atoms with Gasteiger partial charge in [-0.05, 0) is 61.4 Å². The number of aliphatic hydroxyl groups excluding tert-OH is 1. The van der Waals surface area contributed by atoms with Crippen molar-refractivity contribution < 1.29 is 9.90 Å². The summed E-state index contributed by atoms with van der Waals surface area (Å²) in [5, 5.41) is 16.8. The van der Waals surface area contributed by atoms with Gasteiger partial charge in [0.05, 0.1) is 37.6 Å². The van der Waals surface area contributed by atoms with E-state index < -0.39 is 6.10 Å². The summed E-state index contributed by atoms with van der Waals surface area (Å²) in [6, 6.07) is 17.9. The fourth-order valence-corrected chi connectivity index (χ4v) is 4.71. The molecule has 0 saturated heterocycles. The third kappa shape index (κ3) is 5.56. The Labute approximate surface area is 211 Å². The zero-order valence-electron chi connectivity index (χ0n) is 18.4. The Bertz CT molecular complexity index is 1330. The molecule has 0 bridgehead atoms. The van der Waals surface area contributed by atoms with E-state index in [1.54, 1.807) is 37.4 Å². The van der Waals surface area contributed by atoms with Crippen LogP contribution in [0.1, 0.15) is 46.8 Å². The van der Waals surface area contributed by atoms with E-state index in [0.717, 1.165) is 21.7 Å². The van der Waals surface area contributed by atoms with Gasteiger partial charge in [0, 0.05) is 11.9 Å². The van der Waals surface area contributed by atoms with E-state index in [1.807, 2.05) is 43.3 Å². The quantitative estimate of drug-likeness (QED) is 0.253. The smallest absolute Gasteiger partial charge is 0.261 e. The number of hydrogen-bond acceptors (Lipinski definition) is 6. The van der Waals surface area contributed by atoms with Crippen LogP contribution in [0.15, 0.2) is 66.9 Å². The standard InChI is InChI=1S/C25H22Cl2N4O2S/c1-14(18-7-4-8-19(26)23(18)27)29-24(33)22-10-9-21(34-22)20-11-12-28-25(31-20)30-17-6-3-5-16(13-17)15(2)32/h3-15,32H,1-2H3,(H,29,33)(H,28,30,31). The summed E-state index contributed by atoms with van der Waals surface area (Å²) in [6.07, 6.45) is 1.09. The minimum absolute atomic E-state index is 0.206. The van der Waals surface area contributed by atoms with Crippen molar-refractivity contribution in [2.45, 2.75) is 26.0 Å². The summed E-state index contributed by atoms with van der Waals surface area (Å²) in [5.74, 6) is 0.214. The Balaban J connectivity index is 1.48. The molecule has 0 fully saturated rings. The molecule has 1 amide bonds. The summed E-state index contributed by atoms with van der Waals surface area (Å²) < 4.78 is 0. The monoisotopic (exact) mass is 512 g/mol. The Hall–Kier alpha value is -2.97. The Morgan fingerprint density at radius 1 is 1.06 bits per heavy atom. The molecular formula is C25H22Cl2N4O2S. The van der Waals surface area contributed by atoms with Crippen LogP contribution in [0.5, 0.6) is 0 Å². The minimum atomic E-state index is -0.567. The predicted molar refractivity (Wildman–Crippen MR) is 138 cm³/mol. The Kier molecular flexibility index (Phi) is 7.48. The van der Waals surface area contributed by atoms with E-state index >= 15 is 0 Å². The van der Waals surface area contributed by atoms with E-state index in [-0.39, 0.29) is 11.9 Å². The number of amides is 1. The van der Waals surface area contributed by atoms with Crippen LogP contribution in [0.2, 0.25) is 10.0 Å². The largest absolute Gasteiger partial charge is 0.389 e. The molecule has 2 aromatic heterocycles. The van der Waals surface area contributed by atoms with Gasteiger partial charge in [0.15, 0.2) is 0 Å². The van der Waals surface area contributed by atoms with Crippen LogP contribution in [0.25, 0.3) is 10.6 Å². The lowest BCUT2D eigenvalue weighted by Crippen LogP contribution is -2.26. The van der Waals surface area contributed by atoms with Gasteiger partial charge < -0.3 is 15.7 Å². The van der Waals surface area contributed by atoms with Gasteiger partial charge in [-0.3, -0.25) is 4.79 Å². The normalized spacial score (nSPS) is 12.7. The average Bonchev–Trinajstić information content (AvgIpc) is 3.32. The zero-order chi connectivity index (χ0) is 24.2. The molecule has 34 heavy (non-hydrogen) atoms. The molecule has 0 aliphatic rings. The van der Waals surface area contributed by atoms with Gasteiger partial charge in [-0.15, -0.1) is 11.3 Å². The van der Waals surface area contributed by atoms with Gasteiger partial charge in [-0.25, -0.2) is 9.97 Å². The SMILES string of the molecule is CC(O)c1cccc(Nc2nccc(-c3ccc(C(=O)NC(C)c4cccc(Cl)c4Cl)s3)n2)c1. The van der Waals surface area contributed by atoms with E-state index in [2.05, 4.69) is 20.6 Å². The second-order valence-corrected chi connectivity index (χ2v) is 9.56. The number of carbonyl (C=O) groups is 1. The van der Waals surface area contributed by atoms with Gasteiger partial charge in [-0.1, -0.05) is 47.5 Å². The first kappa shape index (κ1) is 24.2. The molecule has 0 aliphatic heterocycles. The van der Waals surface area contributed by atoms with Crippen molar-refractivity contribution in [2.75, 3.05) is 5.32 Å². The Morgan fingerprint density at radius 3 is 2.65 bits per heavy atom. The lowest BCUT2D eigenvalue weighted by molar-refractivity contribution is 0.0944. The Morgan fingerprint density at radius 2 is 1.85 bits per heavy atom. The summed E-state index contributed by atoms with van der Waals surface area (Å²) in [6.45, 7) is 3.57. The molecule has 0 aliphatic carbocycles. The highest BCUT2D eigenvalue weighted by Crippen LogP contribution is 2.31. The number of nitrogens with one attached hydrogen (secondary N) is 2. The summed E-state index contributed by atoms with van der Waals surface area (Å²) >= 11 is 13.7. The van der Waals surface area contributed by atoms with Crippen molar-refractivity contribution in [3.8, 4) is 10.6 Å². The lowest BCUT2D eigenvalue weighted by atomic mass is 10.1. The average molecular weight is 513 g/mol. The van der Waals surface area contributed by atoms with Gasteiger partial charge in [0.25, 0.3) is 5.91 Å². The number of thiophene rings is 1. The molecule has 6 nitrogen and oxygen atoms in total. The van der Waals surface area contributed by atoms with Gasteiger partial charge >= 0.3 is 0 Å². The fraction of sp³-hybridized carbons (Fsp3) is 0.160. The van der Waals surface area contributed by atoms with Crippen molar-refractivity contribution in [2.24, 2.45) is 0 Å². The van der Waals surface area contributed by atoms with Crippen LogP contribution < -0.4 is 10.6 Å². The molecule has 2 unspecified atom stereocenters. The first-order valence-corrected chi connectivity index (χ1v) is 12.1. The number of anilines is 2. The maximum Gasteiger partial charge on any atom is 0.261 e. The van der Waals surface area contributed by atoms with Crippen molar-refractivity contribution in [3.63, 3.8) is 0 Å². The highest BCUT2D eigenvalue weighted by molar-refractivity contribution is 7.17. The van der Waals surface area contributed by atoms with Crippen molar-refractivity contribution >= 4 is 52.1 Å². The van der Waals surface area contributed by atoms with Crippen LogP contribution in [-0.4, -0.2) is 21.0 Å². The van der Waals surface area contributed by atoms with Gasteiger partial charge in [-0.2, -0.15) is 0 Å². The first-order valence-electron chi connectivity index (χ1n) is 10.5. The van der Waals surface area contributed by atoms with Gasteiger partial charge in [0.2, 0.25) is 5.95 Å². The van der Waals surface area contributed by atoms with Crippen molar-refractivity contribution in [3.05, 3.63) is 92.9 Å². The number of aliphatic hydroxyl groups is 1. The number of hydrogen-bond donors (Lipinski definition) is 3. The molecule has 2 atom stereocenters. The number of halogens is 2. The summed E-state index contributed by atoms with van der Waals surface area (Å²) in [7, 11) is 0. The molecule has 174 valence electrons. The molecular weight excluding hydrogens is 491 g/mol. The molecule has 4 aromatic rings. The third-order valence-corrected chi connectivity index (χ3v) is 7.10. The van der Waals surface area contributed by atoms with Crippen molar-refractivity contribution in [1.29, 1.82) is 0 Å². The predicted octanol–water partition coefficient (Wildman–Crippen LogP) is 6.80. The number of aromatic nitrogens is 2. The fourth-order valence-electron chi connectivity index (χ4n) is 3.36. The summed E-state index contributed by atoms with van der Waals surface area (Å²) in [4.78, 5) is 23.1. The molecule has 0 spiro atoms. The topological polar surface area (TPSA) is 87.1 Å². The van der Waals surface area contributed by atoms with Crippen LogP contribution >= 0.6 is 34.5 Å². The van der Waals surface area contributed by atoms with E-state index in [4.69, 9.17) is 23.2 Å². The number of carbonyl (C=O) groups excluding carboxylic acids is 1. The lowest BCUT2D eigenvalue weighted by Gasteiger charge is -2.15. The third-order valence-electron chi connectivity index (χ3n) is 5.16. The second kappa shape index (κ2) is 10.5. The van der Waals surface area contributed by atoms with Crippen LogP contribution in [-0.2, 0) is 0 Å². The zero-order valence-corrected chi connectivity index (χ0v) is 20.7. The first-order chi connectivity index (χ1) is 16.3. The maximum absolute atomic E-state index is 12.8. The highest BCUT2D eigenvalue weighted by atomic mass is 35.5. The summed E-state index contributed by atoms with van der Waals surface area (Å²) in [5.41, 5.74) is 3.02. The molecule has 3 N–H and O–H groups in total. The van der Waals surface area contributed by atoms with Gasteiger partial charge in [0.1, 0.15) is 0 Å². The minimum Gasteiger partial charge on any atom is -0.389 e. The highest BCUT2D eigenvalue weighted by Gasteiger charge is 2.17. The molecule has 0 saturated carbocycles. The van der Waals surface area contributed by atoms with Crippen molar-refractivity contribution in [1.82, 2.24) is 15.3 Å². The van der Waals surface area contributed by atoms with Crippen LogP contribution in [0.4, 0.5) is 11.6 Å². The van der Waals surface area contributed by atoms with Crippen LogP contribution in [0.3, 0.4) is 0 Å². The molecule has 2 aromatic carbocycles. The molecule has 2 heterocycles. The number of nitrogens with zero attached hydrogens (tertiary/aromatic N) is 2. The maximum atomic E-state index is 12.8. The second-order valence-electron chi connectivity index (χ2n) is 7.69. The molecule has 0 radical (unpaired) electrons. The molecule has 9 heteroatoms.